The molecule has 1 unspecified atom stereocenters. The van der Waals surface area contributed by atoms with Gasteiger partial charge in [-0.1, -0.05) is 35.9 Å². The topological polar surface area (TPSA) is 119 Å². The molecule has 1 atom stereocenters. The van der Waals surface area contributed by atoms with Crippen LogP contribution < -0.4 is 15.5 Å². The molecular weight excluding hydrogens is 540 g/mol. The highest BCUT2D eigenvalue weighted by molar-refractivity contribution is 7.12. The summed E-state index contributed by atoms with van der Waals surface area (Å²) in [5, 5.41) is 17.3. The third-order valence-corrected chi connectivity index (χ3v) is 8.34. The van der Waals surface area contributed by atoms with Crippen molar-refractivity contribution in [2.45, 2.75) is 38.6 Å². The van der Waals surface area contributed by atoms with Crippen molar-refractivity contribution in [2.75, 3.05) is 36.4 Å². The molecule has 1 aliphatic carbocycles. The minimum atomic E-state index is -1.02. The third-order valence-electron chi connectivity index (χ3n) is 7.48. The first-order valence-corrected chi connectivity index (χ1v) is 14.8. The zero-order chi connectivity index (χ0) is 28.9. The summed E-state index contributed by atoms with van der Waals surface area (Å²) in [7, 11) is 0. The fourth-order valence-electron chi connectivity index (χ4n) is 5.02. The van der Waals surface area contributed by atoms with E-state index in [0.29, 0.717) is 43.0 Å². The van der Waals surface area contributed by atoms with Crippen LogP contribution in [0.2, 0.25) is 0 Å². The number of hydrogen-bond donors (Lipinski definition) is 3. The van der Waals surface area contributed by atoms with Crippen LogP contribution in [0.1, 0.15) is 62.9 Å². The van der Waals surface area contributed by atoms with E-state index in [-0.39, 0.29) is 24.2 Å². The first-order valence-electron chi connectivity index (χ1n) is 13.9. The summed E-state index contributed by atoms with van der Waals surface area (Å²) in [6.45, 7) is 4.41. The number of amides is 3. The number of carboxylic acid groups (broad SMARTS) is 1. The molecule has 10 heteroatoms. The highest BCUT2D eigenvalue weighted by atomic mass is 32.1. The lowest BCUT2D eigenvalue weighted by Gasteiger charge is -2.26. The average molecular weight is 575 g/mol. The van der Waals surface area contributed by atoms with Gasteiger partial charge in [-0.15, -0.1) is 11.3 Å². The van der Waals surface area contributed by atoms with Crippen molar-refractivity contribution in [2.24, 2.45) is 5.92 Å². The number of anilines is 2. The molecule has 3 aromatic rings. The molecule has 214 valence electrons. The van der Waals surface area contributed by atoms with Gasteiger partial charge in [0.15, 0.2) is 0 Å². The second-order valence-electron chi connectivity index (χ2n) is 10.6. The van der Waals surface area contributed by atoms with E-state index in [2.05, 4.69) is 15.5 Å². The van der Waals surface area contributed by atoms with Crippen LogP contribution in [0.4, 0.5) is 11.4 Å². The van der Waals surface area contributed by atoms with E-state index < -0.39 is 17.9 Å². The standard InChI is InChI=1S/C31H34N4O5S/c1-20-5-7-21(8-6-20)24(19-28(36)37)32-30(39)23-11-12-26(25(18-23)33-29(38)22-9-10-22)34-13-3-14-35(16-15-34)31(40)27-4-2-17-41-27/h2,4-8,11-12,17-18,22,24H,3,9-10,13-16,19H2,1H3,(H,32,39)(H,33,38)(H,36,37). The molecule has 0 radical (unpaired) electrons. The van der Waals surface area contributed by atoms with Crippen molar-refractivity contribution < 1.29 is 24.3 Å². The van der Waals surface area contributed by atoms with Crippen LogP contribution >= 0.6 is 11.3 Å². The summed E-state index contributed by atoms with van der Waals surface area (Å²) >= 11 is 1.43. The van der Waals surface area contributed by atoms with Gasteiger partial charge in [0.2, 0.25) is 5.91 Å². The van der Waals surface area contributed by atoms with Crippen LogP contribution in [0.25, 0.3) is 0 Å². The van der Waals surface area contributed by atoms with Gasteiger partial charge in [0.25, 0.3) is 11.8 Å². The van der Waals surface area contributed by atoms with Crippen LogP contribution in [-0.4, -0.2) is 59.9 Å². The first kappa shape index (κ1) is 28.4. The number of nitrogens with one attached hydrogen (secondary N) is 2. The Bertz CT molecular complexity index is 1420. The number of nitrogens with zero attached hydrogens (tertiary/aromatic N) is 2. The van der Waals surface area contributed by atoms with Gasteiger partial charge in [0.1, 0.15) is 0 Å². The Labute approximate surface area is 243 Å². The van der Waals surface area contributed by atoms with Gasteiger partial charge in [-0.25, -0.2) is 0 Å². The van der Waals surface area contributed by atoms with Gasteiger partial charge in [0, 0.05) is 37.7 Å². The molecule has 9 nitrogen and oxygen atoms in total. The molecule has 2 heterocycles. The van der Waals surface area contributed by atoms with E-state index in [0.717, 1.165) is 35.4 Å². The normalized spacial score (nSPS) is 16.0. The highest BCUT2D eigenvalue weighted by Gasteiger charge is 2.31. The molecule has 2 fully saturated rings. The van der Waals surface area contributed by atoms with E-state index in [9.17, 15) is 24.3 Å². The third kappa shape index (κ3) is 7.13. The minimum absolute atomic E-state index is 0.0233. The van der Waals surface area contributed by atoms with Gasteiger partial charge in [0.05, 0.1) is 28.7 Å². The van der Waals surface area contributed by atoms with E-state index >= 15 is 0 Å². The maximum Gasteiger partial charge on any atom is 0.305 e. The molecule has 1 saturated heterocycles. The number of thiophene rings is 1. The van der Waals surface area contributed by atoms with Crippen molar-refractivity contribution >= 4 is 46.4 Å². The maximum absolute atomic E-state index is 13.4. The fraction of sp³-hybridized carbons (Fsp3) is 0.355. The molecule has 1 aromatic heterocycles. The smallest absolute Gasteiger partial charge is 0.305 e. The Kier molecular flexibility index (Phi) is 8.68. The second kappa shape index (κ2) is 12.6. The van der Waals surface area contributed by atoms with Crippen molar-refractivity contribution in [3.63, 3.8) is 0 Å². The van der Waals surface area contributed by atoms with Crippen LogP contribution in [0.5, 0.6) is 0 Å². The molecule has 2 aromatic carbocycles. The minimum Gasteiger partial charge on any atom is -0.481 e. The van der Waals surface area contributed by atoms with Crippen LogP contribution in [-0.2, 0) is 9.59 Å². The lowest BCUT2D eigenvalue weighted by molar-refractivity contribution is -0.137. The fourth-order valence-corrected chi connectivity index (χ4v) is 5.71. The van der Waals surface area contributed by atoms with Crippen molar-refractivity contribution in [3.05, 3.63) is 81.5 Å². The predicted molar refractivity (Wildman–Crippen MR) is 158 cm³/mol. The largest absolute Gasteiger partial charge is 0.481 e. The lowest BCUT2D eigenvalue weighted by Crippen LogP contribution is -2.35. The molecule has 1 aliphatic heterocycles. The van der Waals surface area contributed by atoms with Gasteiger partial charge in [-0.05, 0) is 61.4 Å². The number of aliphatic carboxylic acids is 1. The van der Waals surface area contributed by atoms with E-state index in [1.807, 2.05) is 59.7 Å². The van der Waals surface area contributed by atoms with Gasteiger partial charge < -0.3 is 25.5 Å². The summed E-state index contributed by atoms with van der Waals surface area (Å²) in [6, 6.07) is 15.6. The molecule has 5 rings (SSSR count). The van der Waals surface area contributed by atoms with Gasteiger partial charge in [-0.3, -0.25) is 19.2 Å². The Balaban J connectivity index is 1.36. The second-order valence-corrected chi connectivity index (χ2v) is 11.6. The average Bonchev–Trinajstić information content (AvgIpc) is 3.72. The van der Waals surface area contributed by atoms with Crippen LogP contribution in [0.15, 0.2) is 60.0 Å². The number of carboxylic acids is 1. The lowest BCUT2D eigenvalue weighted by atomic mass is 10.0. The van der Waals surface area contributed by atoms with Gasteiger partial charge >= 0.3 is 5.97 Å². The molecule has 2 aliphatic rings. The number of hydrogen-bond acceptors (Lipinski definition) is 6. The molecule has 1 saturated carbocycles. The SMILES string of the molecule is Cc1ccc(C(CC(=O)O)NC(=O)c2ccc(N3CCCN(C(=O)c4cccs4)CC3)c(NC(=O)C3CC3)c2)cc1. The van der Waals surface area contributed by atoms with Crippen molar-refractivity contribution in [1.29, 1.82) is 0 Å². The molecule has 41 heavy (non-hydrogen) atoms. The van der Waals surface area contributed by atoms with Crippen LogP contribution in [0, 0.1) is 12.8 Å². The molecule has 0 spiro atoms. The van der Waals surface area contributed by atoms with Crippen LogP contribution in [0.3, 0.4) is 0 Å². The Morgan fingerprint density at radius 3 is 2.46 bits per heavy atom. The Morgan fingerprint density at radius 1 is 1.00 bits per heavy atom. The molecule has 3 amide bonds. The number of carbonyl (C=O) groups excluding carboxylic acids is 3. The Hall–Kier alpha value is -4.18. The number of carbonyl (C=O) groups is 4. The summed E-state index contributed by atoms with van der Waals surface area (Å²) in [4.78, 5) is 55.4. The summed E-state index contributed by atoms with van der Waals surface area (Å²) in [6.07, 6.45) is 2.20. The summed E-state index contributed by atoms with van der Waals surface area (Å²) < 4.78 is 0. The maximum atomic E-state index is 13.4. The van der Waals surface area contributed by atoms with E-state index in [1.165, 1.54) is 11.3 Å². The van der Waals surface area contributed by atoms with Gasteiger partial charge in [-0.2, -0.15) is 0 Å². The Morgan fingerprint density at radius 2 is 1.78 bits per heavy atom. The zero-order valence-corrected chi connectivity index (χ0v) is 23.8. The number of aryl methyl sites for hydroxylation is 1. The first-order chi connectivity index (χ1) is 19.8. The van der Waals surface area contributed by atoms with E-state index in [1.54, 1.807) is 12.1 Å². The zero-order valence-electron chi connectivity index (χ0n) is 23.0. The van der Waals surface area contributed by atoms with E-state index in [4.69, 9.17) is 0 Å². The summed E-state index contributed by atoms with van der Waals surface area (Å²) in [5.74, 6) is -1.51. The predicted octanol–water partition coefficient (Wildman–Crippen LogP) is 4.70. The molecule has 0 bridgehead atoms. The molecular formula is C31H34N4O5S. The number of rotatable bonds is 9. The van der Waals surface area contributed by atoms with Crippen molar-refractivity contribution in [1.82, 2.24) is 10.2 Å². The van der Waals surface area contributed by atoms with Crippen molar-refractivity contribution in [3.8, 4) is 0 Å². The quantitative estimate of drug-likeness (QED) is 0.341. The summed E-state index contributed by atoms with van der Waals surface area (Å²) in [5.41, 5.74) is 3.40. The molecule has 3 N–H and O–H groups in total. The highest BCUT2D eigenvalue weighted by Crippen LogP contribution is 2.34. The monoisotopic (exact) mass is 574 g/mol. The number of benzene rings is 2.